The summed E-state index contributed by atoms with van der Waals surface area (Å²) in [5.41, 5.74) is 2.91. The molecule has 0 aromatic heterocycles. The third kappa shape index (κ3) is 3.24. The van der Waals surface area contributed by atoms with E-state index in [0.717, 1.165) is 16.8 Å². The topological polar surface area (TPSA) is 87.2 Å². The highest BCUT2D eigenvalue weighted by molar-refractivity contribution is 6.01. The predicted molar refractivity (Wildman–Crippen MR) is 90.3 cm³/mol. The number of morpholine rings is 1. The molecule has 0 bridgehead atoms. The standard InChI is InChI=1S/C18H22N2O5/c1-11-4-3-5-14(12(11)2)20-9-13(8-16(20)21)17(22)19-6-7-25-10-15(19)18(23)24/h3-5,13,15H,6-10H2,1-2H3,(H,23,24)/t13-,15+/m1/s1. The van der Waals surface area contributed by atoms with Gasteiger partial charge in [0.05, 0.1) is 19.1 Å². The maximum Gasteiger partial charge on any atom is 0.328 e. The summed E-state index contributed by atoms with van der Waals surface area (Å²) >= 11 is 0. The average molecular weight is 346 g/mol. The van der Waals surface area contributed by atoms with Crippen molar-refractivity contribution in [1.29, 1.82) is 0 Å². The lowest BCUT2D eigenvalue weighted by Gasteiger charge is -2.34. The number of rotatable bonds is 3. The van der Waals surface area contributed by atoms with E-state index in [0.29, 0.717) is 6.61 Å². The van der Waals surface area contributed by atoms with Crippen molar-refractivity contribution in [2.45, 2.75) is 26.3 Å². The maximum atomic E-state index is 12.8. The van der Waals surface area contributed by atoms with Crippen molar-refractivity contribution >= 4 is 23.5 Å². The minimum atomic E-state index is -1.08. The molecule has 3 rings (SSSR count). The zero-order valence-electron chi connectivity index (χ0n) is 14.4. The summed E-state index contributed by atoms with van der Waals surface area (Å²) < 4.78 is 5.17. The number of amides is 2. The van der Waals surface area contributed by atoms with Crippen LogP contribution in [0.15, 0.2) is 18.2 Å². The predicted octanol–water partition coefficient (Wildman–Crippen LogP) is 0.968. The molecule has 25 heavy (non-hydrogen) atoms. The zero-order chi connectivity index (χ0) is 18.1. The fourth-order valence-electron chi connectivity index (χ4n) is 3.44. The molecule has 0 spiro atoms. The van der Waals surface area contributed by atoms with E-state index in [1.807, 2.05) is 32.0 Å². The Morgan fingerprint density at radius 3 is 2.76 bits per heavy atom. The molecule has 0 radical (unpaired) electrons. The van der Waals surface area contributed by atoms with Crippen LogP contribution in [0, 0.1) is 19.8 Å². The molecule has 7 nitrogen and oxygen atoms in total. The van der Waals surface area contributed by atoms with Gasteiger partial charge in [-0.25, -0.2) is 4.79 Å². The lowest BCUT2D eigenvalue weighted by atomic mass is 10.0. The molecule has 0 unspecified atom stereocenters. The minimum Gasteiger partial charge on any atom is -0.480 e. The van der Waals surface area contributed by atoms with Gasteiger partial charge in [-0.2, -0.15) is 0 Å². The third-order valence-corrected chi connectivity index (χ3v) is 5.04. The second kappa shape index (κ2) is 6.84. The molecule has 1 N–H and O–H groups in total. The molecule has 2 saturated heterocycles. The van der Waals surface area contributed by atoms with Gasteiger partial charge in [0.15, 0.2) is 6.04 Å². The van der Waals surface area contributed by atoms with E-state index < -0.39 is 17.9 Å². The molecule has 0 saturated carbocycles. The number of ether oxygens (including phenoxy) is 1. The van der Waals surface area contributed by atoms with Crippen LogP contribution in [-0.2, 0) is 19.1 Å². The number of anilines is 1. The molecule has 134 valence electrons. The van der Waals surface area contributed by atoms with Gasteiger partial charge >= 0.3 is 5.97 Å². The van der Waals surface area contributed by atoms with Crippen LogP contribution in [0.25, 0.3) is 0 Å². The van der Waals surface area contributed by atoms with Gasteiger partial charge in [0.25, 0.3) is 0 Å². The third-order valence-electron chi connectivity index (χ3n) is 5.04. The Balaban J connectivity index is 1.79. The smallest absolute Gasteiger partial charge is 0.328 e. The summed E-state index contributed by atoms with van der Waals surface area (Å²) in [6.45, 7) is 4.76. The molecule has 2 fully saturated rings. The summed E-state index contributed by atoms with van der Waals surface area (Å²) in [4.78, 5) is 39.6. The molecule has 2 aliphatic rings. The SMILES string of the molecule is Cc1cccc(N2C[C@H](C(=O)N3CCOC[C@H]3C(=O)O)CC2=O)c1C. The fourth-order valence-corrected chi connectivity index (χ4v) is 3.44. The van der Waals surface area contributed by atoms with Gasteiger partial charge in [0.2, 0.25) is 11.8 Å². The summed E-state index contributed by atoms with van der Waals surface area (Å²) in [5, 5.41) is 9.30. The van der Waals surface area contributed by atoms with E-state index in [-0.39, 0.29) is 37.9 Å². The first-order valence-electron chi connectivity index (χ1n) is 8.37. The van der Waals surface area contributed by atoms with E-state index in [4.69, 9.17) is 4.74 Å². The van der Waals surface area contributed by atoms with Gasteiger partial charge in [0.1, 0.15) is 0 Å². The lowest BCUT2D eigenvalue weighted by Crippen LogP contribution is -2.54. The molecule has 1 aromatic carbocycles. The molecular weight excluding hydrogens is 324 g/mol. The van der Waals surface area contributed by atoms with Crippen molar-refractivity contribution in [2.75, 3.05) is 31.2 Å². The number of nitrogens with zero attached hydrogens (tertiary/aromatic N) is 2. The first-order chi connectivity index (χ1) is 11.9. The quantitative estimate of drug-likeness (QED) is 0.881. The summed E-state index contributed by atoms with van der Waals surface area (Å²) in [6, 6.07) is 4.77. The number of aliphatic carboxylic acids is 1. The van der Waals surface area contributed by atoms with Crippen molar-refractivity contribution in [3.05, 3.63) is 29.3 Å². The van der Waals surface area contributed by atoms with E-state index >= 15 is 0 Å². The van der Waals surface area contributed by atoms with E-state index in [9.17, 15) is 19.5 Å². The second-order valence-electron chi connectivity index (χ2n) is 6.59. The Morgan fingerprint density at radius 2 is 2.04 bits per heavy atom. The zero-order valence-corrected chi connectivity index (χ0v) is 14.4. The number of aryl methyl sites for hydroxylation is 1. The highest BCUT2D eigenvalue weighted by Crippen LogP contribution is 2.30. The number of carboxylic acid groups (broad SMARTS) is 1. The largest absolute Gasteiger partial charge is 0.480 e. The molecule has 7 heteroatoms. The number of carbonyl (C=O) groups excluding carboxylic acids is 2. The van der Waals surface area contributed by atoms with Crippen molar-refractivity contribution in [3.8, 4) is 0 Å². The molecule has 2 amide bonds. The van der Waals surface area contributed by atoms with Gasteiger partial charge in [-0.3, -0.25) is 9.59 Å². The van der Waals surface area contributed by atoms with Crippen LogP contribution in [0.5, 0.6) is 0 Å². The van der Waals surface area contributed by atoms with Gasteiger partial charge in [0, 0.05) is 25.2 Å². The van der Waals surface area contributed by atoms with Crippen LogP contribution in [0.3, 0.4) is 0 Å². The first kappa shape index (κ1) is 17.4. The van der Waals surface area contributed by atoms with Gasteiger partial charge in [-0.15, -0.1) is 0 Å². The monoisotopic (exact) mass is 346 g/mol. The van der Waals surface area contributed by atoms with Crippen LogP contribution in [-0.4, -0.2) is 60.1 Å². The van der Waals surface area contributed by atoms with Crippen molar-refractivity contribution in [2.24, 2.45) is 5.92 Å². The van der Waals surface area contributed by atoms with Crippen molar-refractivity contribution < 1.29 is 24.2 Å². The summed E-state index contributed by atoms with van der Waals surface area (Å²) in [5.74, 6) is -1.99. The highest BCUT2D eigenvalue weighted by atomic mass is 16.5. The lowest BCUT2D eigenvalue weighted by molar-refractivity contribution is -0.160. The van der Waals surface area contributed by atoms with Gasteiger partial charge < -0.3 is 19.6 Å². The van der Waals surface area contributed by atoms with Crippen molar-refractivity contribution in [1.82, 2.24) is 4.90 Å². The number of benzene rings is 1. The first-order valence-corrected chi connectivity index (χ1v) is 8.37. The summed E-state index contributed by atoms with van der Waals surface area (Å²) in [6.07, 6.45) is 0.107. The van der Waals surface area contributed by atoms with Crippen LogP contribution >= 0.6 is 0 Å². The van der Waals surface area contributed by atoms with Crippen LogP contribution in [0.4, 0.5) is 5.69 Å². The van der Waals surface area contributed by atoms with E-state index in [1.165, 1.54) is 4.90 Å². The molecule has 2 heterocycles. The summed E-state index contributed by atoms with van der Waals surface area (Å²) in [7, 11) is 0. The number of carboxylic acids is 1. The van der Waals surface area contributed by atoms with Crippen LogP contribution in [0.2, 0.25) is 0 Å². The Kier molecular flexibility index (Phi) is 4.76. The second-order valence-corrected chi connectivity index (χ2v) is 6.59. The average Bonchev–Trinajstić information content (AvgIpc) is 2.98. The fraction of sp³-hybridized carbons (Fsp3) is 0.500. The van der Waals surface area contributed by atoms with E-state index in [2.05, 4.69) is 0 Å². The van der Waals surface area contributed by atoms with Crippen molar-refractivity contribution in [3.63, 3.8) is 0 Å². The number of carbonyl (C=O) groups is 3. The minimum absolute atomic E-state index is 0.0115. The number of hydrogen-bond acceptors (Lipinski definition) is 4. The van der Waals surface area contributed by atoms with Crippen LogP contribution in [0.1, 0.15) is 17.5 Å². The Bertz CT molecular complexity index is 717. The normalized spacial score (nSPS) is 23.8. The molecule has 2 atom stereocenters. The highest BCUT2D eigenvalue weighted by Gasteiger charge is 2.41. The Morgan fingerprint density at radius 1 is 1.28 bits per heavy atom. The molecular formula is C18H22N2O5. The Labute approximate surface area is 146 Å². The van der Waals surface area contributed by atoms with Crippen LogP contribution < -0.4 is 4.90 Å². The van der Waals surface area contributed by atoms with E-state index in [1.54, 1.807) is 4.90 Å². The van der Waals surface area contributed by atoms with Gasteiger partial charge in [-0.05, 0) is 31.0 Å². The van der Waals surface area contributed by atoms with Gasteiger partial charge in [-0.1, -0.05) is 12.1 Å². The molecule has 0 aliphatic carbocycles. The maximum absolute atomic E-state index is 12.8. The Hall–Kier alpha value is -2.41. The number of hydrogen-bond donors (Lipinski definition) is 1. The molecule has 1 aromatic rings. The molecule has 2 aliphatic heterocycles.